The molecule has 0 aliphatic carbocycles. The van der Waals surface area contributed by atoms with Crippen LogP contribution in [-0.2, 0) is 18.9 Å². The van der Waals surface area contributed by atoms with Gasteiger partial charge in [-0.25, -0.2) is 0 Å². The van der Waals surface area contributed by atoms with Crippen LogP contribution in [0, 0.1) is 0 Å². The molecular weight excluding hydrogens is 376 g/mol. The molecule has 0 aromatic heterocycles. The molecule has 0 spiro atoms. The van der Waals surface area contributed by atoms with Gasteiger partial charge in [0.15, 0.2) is 12.6 Å². The molecule has 7 nitrogen and oxygen atoms in total. The van der Waals surface area contributed by atoms with E-state index in [2.05, 4.69) is 6.92 Å². The van der Waals surface area contributed by atoms with E-state index in [1.165, 1.54) is 39.2 Å². The van der Waals surface area contributed by atoms with Crippen molar-refractivity contribution in [2.24, 2.45) is 0 Å². The second kappa shape index (κ2) is 11.2. The van der Waals surface area contributed by atoms with E-state index < -0.39 is 37.0 Å². The summed E-state index contributed by atoms with van der Waals surface area (Å²) in [6, 6.07) is 7.59. The fraction of sp³-hybridized carbons (Fsp3) is 0.727. The predicted octanol–water partition coefficient (Wildman–Crippen LogP) is 2.93. The van der Waals surface area contributed by atoms with Crippen LogP contribution < -0.4 is 4.74 Å². The van der Waals surface area contributed by atoms with E-state index in [9.17, 15) is 10.2 Å². The molecule has 29 heavy (non-hydrogen) atoms. The zero-order valence-corrected chi connectivity index (χ0v) is 17.4. The zero-order valence-electron chi connectivity index (χ0n) is 17.4. The predicted molar refractivity (Wildman–Crippen MR) is 107 cm³/mol. The number of aliphatic hydroxyl groups excluding tert-OH is 2. The Hall–Kier alpha value is -1.22. The van der Waals surface area contributed by atoms with Gasteiger partial charge in [-0.05, 0) is 18.6 Å². The quantitative estimate of drug-likeness (QED) is 0.574. The number of rotatable bonds is 10. The highest BCUT2D eigenvalue weighted by Crippen LogP contribution is 2.34. The first-order valence-corrected chi connectivity index (χ1v) is 10.7. The van der Waals surface area contributed by atoms with Gasteiger partial charge in [0.1, 0.15) is 30.2 Å². The molecule has 6 atom stereocenters. The molecule has 2 saturated heterocycles. The summed E-state index contributed by atoms with van der Waals surface area (Å²) in [5, 5.41) is 20.5. The Morgan fingerprint density at radius 2 is 1.69 bits per heavy atom. The van der Waals surface area contributed by atoms with Crippen molar-refractivity contribution in [3.63, 3.8) is 0 Å². The lowest BCUT2D eigenvalue weighted by molar-refractivity contribution is -0.358. The van der Waals surface area contributed by atoms with Crippen molar-refractivity contribution in [1.82, 2.24) is 0 Å². The maximum atomic E-state index is 10.4. The van der Waals surface area contributed by atoms with Crippen molar-refractivity contribution in [1.29, 1.82) is 0 Å². The van der Waals surface area contributed by atoms with E-state index in [1.54, 1.807) is 0 Å². The summed E-state index contributed by atoms with van der Waals surface area (Å²) in [6.45, 7) is 3.18. The van der Waals surface area contributed by atoms with E-state index in [-0.39, 0.29) is 6.61 Å². The first kappa shape index (κ1) is 22.5. The second-order valence-corrected chi connectivity index (χ2v) is 7.71. The van der Waals surface area contributed by atoms with Crippen LogP contribution in [0.5, 0.6) is 5.75 Å². The second-order valence-electron chi connectivity index (χ2n) is 7.71. The molecule has 2 fully saturated rings. The maximum Gasteiger partial charge on any atom is 0.186 e. The molecule has 1 aromatic rings. The molecule has 1 aromatic carbocycles. The highest BCUT2D eigenvalue weighted by Gasteiger charge is 2.48. The third-order valence-electron chi connectivity index (χ3n) is 5.48. The molecule has 164 valence electrons. The highest BCUT2D eigenvalue weighted by atomic mass is 16.7. The topological polar surface area (TPSA) is 86.6 Å². The number of unbranched alkanes of at least 4 members (excludes halogenated alkanes) is 5. The number of aliphatic hydroxyl groups is 2. The number of methoxy groups -OCH3 is 1. The molecule has 2 aliphatic heterocycles. The summed E-state index contributed by atoms with van der Waals surface area (Å²) >= 11 is 0. The molecule has 0 amide bonds. The van der Waals surface area contributed by atoms with Gasteiger partial charge < -0.3 is 33.9 Å². The lowest BCUT2D eigenvalue weighted by atomic mass is 9.98. The molecule has 0 saturated carbocycles. The average Bonchev–Trinajstić information content (AvgIpc) is 2.76. The SMILES string of the molecule is CCCCCCCCOc1ccc(C2OC[C@H]3O[C@H](OC)[C@H](O)[C@@H](O)[C@@H]3O2)cc1. The van der Waals surface area contributed by atoms with Gasteiger partial charge in [-0.1, -0.05) is 51.2 Å². The van der Waals surface area contributed by atoms with Gasteiger partial charge in [0.2, 0.25) is 0 Å². The Labute approximate surface area is 172 Å². The monoisotopic (exact) mass is 410 g/mol. The van der Waals surface area contributed by atoms with Crippen LogP contribution in [0.1, 0.15) is 57.3 Å². The third kappa shape index (κ3) is 5.90. The van der Waals surface area contributed by atoms with Crippen LogP contribution in [0.25, 0.3) is 0 Å². The Morgan fingerprint density at radius 3 is 2.41 bits per heavy atom. The molecule has 0 radical (unpaired) electrons. The van der Waals surface area contributed by atoms with Crippen LogP contribution >= 0.6 is 0 Å². The third-order valence-corrected chi connectivity index (χ3v) is 5.48. The largest absolute Gasteiger partial charge is 0.494 e. The molecule has 2 heterocycles. The Kier molecular flexibility index (Phi) is 8.71. The van der Waals surface area contributed by atoms with Gasteiger partial charge >= 0.3 is 0 Å². The van der Waals surface area contributed by atoms with Crippen molar-refractivity contribution in [3.05, 3.63) is 29.8 Å². The number of fused-ring (bicyclic) bond motifs is 1. The molecule has 0 bridgehead atoms. The molecule has 3 rings (SSSR count). The highest BCUT2D eigenvalue weighted by molar-refractivity contribution is 5.28. The van der Waals surface area contributed by atoms with Crippen LogP contribution in [-0.4, -0.2) is 61.2 Å². The maximum absolute atomic E-state index is 10.4. The summed E-state index contributed by atoms with van der Waals surface area (Å²) in [5.74, 6) is 0.815. The Balaban J connectivity index is 1.46. The molecule has 7 heteroatoms. The van der Waals surface area contributed by atoms with Gasteiger partial charge in [-0.2, -0.15) is 0 Å². The van der Waals surface area contributed by atoms with E-state index in [0.717, 1.165) is 17.7 Å². The van der Waals surface area contributed by atoms with Crippen molar-refractivity contribution < 1.29 is 33.9 Å². The normalized spacial score (nSPS) is 32.0. The summed E-state index contributed by atoms with van der Waals surface area (Å²) < 4.78 is 28.1. The van der Waals surface area contributed by atoms with E-state index in [0.29, 0.717) is 6.61 Å². The van der Waals surface area contributed by atoms with Crippen LogP contribution in [0.2, 0.25) is 0 Å². The zero-order chi connectivity index (χ0) is 20.6. The molecule has 1 unspecified atom stereocenters. The first-order valence-electron chi connectivity index (χ1n) is 10.7. The van der Waals surface area contributed by atoms with Gasteiger partial charge in [-0.3, -0.25) is 0 Å². The lowest BCUT2D eigenvalue weighted by Gasteiger charge is -2.45. The summed E-state index contributed by atoms with van der Waals surface area (Å²) in [6.07, 6.45) is 2.43. The minimum atomic E-state index is -1.17. The molecule has 2 aliphatic rings. The fourth-order valence-corrected chi connectivity index (χ4v) is 3.74. The molecule has 2 N–H and O–H groups in total. The van der Waals surface area contributed by atoms with E-state index in [1.807, 2.05) is 24.3 Å². The van der Waals surface area contributed by atoms with Crippen molar-refractivity contribution in [2.45, 2.75) is 82.4 Å². The van der Waals surface area contributed by atoms with Crippen molar-refractivity contribution >= 4 is 0 Å². The lowest BCUT2D eigenvalue weighted by Crippen LogP contribution is -2.62. The van der Waals surface area contributed by atoms with E-state index >= 15 is 0 Å². The smallest absolute Gasteiger partial charge is 0.186 e. The summed E-state index contributed by atoms with van der Waals surface area (Å²) in [5.41, 5.74) is 0.825. The standard InChI is InChI=1S/C22H34O7/c1-3-4-5-6-7-8-13-26-16-11-9-15(10-12-16)21-27-14-17-20(29-21)18(23)19(24)22(25-2)28-17/h9-12,17-24H,3-8,13-14H2,1-2H3/t17-,18-,19-,20-,21?,22+/m1/s1. The van der Waals surface area contributed by atoms with Gasteiger partial charge in [0, 0.05) is 12.7 Å². The van der Waals surface area contributed by atoms with Gasteiger partial charge in [0.05, 0.1) is 13.2 Å². The number of benzene rings is 1. The summed E-state index contributed by atoms with van der Waals surface area (Å²) in [7, 11) is 1.42. The number of hydrogen-bond donors (Lipinski definition) is 2. The van der Waals surface area contributed by atoms with Gasteiger partial charge in [0.25, 0.3) is 0 Å². The minimum absolute atomic E-state index is 0.245. The average molecular weight is 411 g/mol. The van der Waals surface area contributed by atoms with E-state index in [4.69, 9.17) is 23.7 Å². The van der Waals surface area contributed by atoms with Crippen LogP contribution in [0.3, 0.4) is 0 Å². The van der Waals surface area contributed by atoms with Crippen LogP contribution in [0.4, 0.5) is 0 Å². The molecular formula is C22H34O7. The number of hydrogen-bond acceptors (Lipinski definition) is 7. The minimum Gasteiger partial charge on any atom is -0.494 e. The summed E-state index contributed by atoms with van der Waals surface area (Å²) in [4.78, 5) is 0. The van der Waals surface area contributed by atoms with Crippen molar-refractivity contribution in [2.75, 3.05) is 20.3 Å². The Morgan fingerprint density at radius 1 is 0.966 bits per heavy atom. The fourth-order valence-electron chi connectivity index (χ4n) is 3.74. The van der Waals surface area contributed by atoms with Crippen molar-refractivity contribution in [3.8, 4) is 5.75 Å². The van der Waals surface area contributed by atoms with Gasteiger partial charge in [-0.15, -0.1) is 0 Å². The first-order chi connectivity index (χ1) is 14.1. The van der Waals surface area contributed by atoms with Crippen LogP contribution in [0.15, 0.2) is 24.3 Å². The number of ether oxygens (including phenoxy) is 5. The Bertz CT molecular complexity index is 591.